The molecule has 4 heterocycles. The molecule has 1 N–H and O–H groups in total. The number of fused-ring (bicyclic) bond motifs is 2. The van der Waals surface area contributed by atoms with E-state index in [2.05, 4.69) is 52.4 Å². The van der Waals surface area contributed by atoms with E-state index < -0.39 is 0 Å². The SMILES string of the molecule is C=CC(=O)N1CCC(N[C@H]2CCc3cc(-c4nc5ccc(-n6nccn6)nn5c4-c4ccccc4)ccc32)CC1. The van der Waals surface area contributed by atoms with Gasteiger partial charge in [-0.25, -0.2) is 9.50 Å². The lowest BCUT2D eigenvalue weighted by Gasteiger charge is -2.33. The Labute approximate surface area is 232 Å². The van der Waals surface area contributed by atoms with E-state index in [0.717, 1.165) is 66.9 Å². The summed E-state index contributed by atoms with van der Waals surface area (Å²) in [6, 6.07) is 21.6. The van der Waals surface area contributed by atoms with E-state index in [0.29, 0.717) is 17.9 Å². The molecule has 0 unspecified atom stereocenters. The first-order valence-corrected chi connectivity index (χ1v) is 13.8. The highest BCUT2D eigenvalue weighted by atomic mass is 16.2. The predicted octanol–water partition coefficient (Wildman–Crippen LogP) is 4.40. The molecule has 7 rings (SSSR count). The highest BCUT2D eigenvalue weighted by Crippen LogP contribution is 2.38. The fourth-order valence-electron chi connectivity index (χ4n) is 6.04. The first-order chi connectivity index (χ1) is 19.7. The van der Waals surface area contributed by atoms with Gasteiger partial charge in [-0.05, 0) is 61.1 Å². The largest absolute Gasteiger partial charge is 0.339 e. The smallest absolute Gasteiger partial charge is 0.245 e. The van der Waals surface area contributed by atoms with Crippen LogP contribution in [0.4, 0.5) is 0 Å². The third-order valence-corrected chi connectivity index (χ3v) is 8.05. The molecule has 0 bridgehead atoms. The number of aryl methyl sites for hydroxylation is 1. The maximum Gasteiger partial charge on any atom is 0.245 e. The van der Waals surface area contributed by atoms with Crippen molar-refractivity contribution in [3.63, 3.8) is 0 Å². The van der Waals surface area contributed by atoms with Gasteiger partial charge in [0.2, 0.25) is 5.91 Å². The Kier molecular flexibility index (Phi) is 6.20. The number of hydrogen-bond donors (Lipinski definition) is 1. The number of benzene rings is 2. The second kappa shape index (κ2) is 10.2. The lowest BCUT2D eigenvalue weighted by atomic mass is 9.99. The molecule has 1 amide bonds. The summed E-state index contributed by atoms with van der Waals surface area (Å²) in [4.78, 5) is 20.4. The molecule has 1 aliphatic heterocycles. The molecule has 2 aromatic carbocycles. The molecule has 1 atom stereocenters. The molecule has 3 aromatic heterocycles. The number of imidazole rings is 1. The molecule has 1 saturated heterocycles. The number of aromatic nitrogens is 6. The summed E-state index contributed by atoms with van der Waals surface area (Å²) in [7, 11) is 0. The molecule has 200 valence electrons. The van der Waals surface area contributed by atoms with Crippen molar-refractivity contribution in [2.45, 2.75) is 37.8 Å². The van der Waals surface area contributed by atoms with Crippen LogP contribution in [0.1, 0.15) is 36.4 Å². The fraction of sp³-hybridized carbons (Fsp3) is 0.258. The number of piperidine rings is 1. The van der Waals surface area contributed by atoms with Gasteiger partial charge in [-0.3, -0.25) is 4.79 Å². The molecule has 1 fully saturated rings. The normalized spacial score (nSPS) is 17.3. The minimum Gasteiger partial charge on any atom is -0.339 e. The molecule has 9 heteroatoms. The van der Waals surface area contributed by atoms with Crippen LogP contribution in [0.2, 0.25) is 0 Å². The summed E-state index contributed by atoms with van der Waals surface area (Å²) in [5, 5.41) is 17.2. The van der Waals surface area contributed by atoms with Crippen molar-refractivity contribution >= 4 is 11.6 Å². The summed E-state index contributed by atoms with van der Waals surface area (Å²) < 4.78 is 1.89. The van der Waals surface area contributed by atoms with Crippen LogP contribution in [-0.4, -0.2) is 59.5 Å². The van der Waals surface area contributed by atoms with Crippen molar-refractivity contribution in [3.05, 3.63) is 96.8 Å². The van der Waals surface area contributed by atoms with Crippen molar-refractivity contribution in [1.82, 2.24) is 39.8 Å². The number of likely N-dealkylation sites (tertiary alicyclic amines) is 1. The van der Waals surface area contributed by atoms with Crippen LogP contribution in [0.15, 0.2) is 85.7 Å². The van der Waals surface area contributed by atoms with Crippen LogP contribution < -0.4 is 5.32 Å². The van der Waals surface area contributed by atoms with Gasteiger partial charge in [-0.2, -0.15) is 10.2 Å². The van der Waals surface area contributed by atoms with Gasteiger partial charge < -0.3 is 10.2 Å². The van der Waals surface area contributed by atoms with Gasteiger partial charge in [0.1, 0.15) is 5.69 Å². The second-order valence-electron chi connectivity index (χ2n) is 10.4. The fourth-order valence-corrected chi connectivity index (χ4v) is 6.04. The average Bonchev–Trinajstić information content (AvgIpc) is 3.76. The van der Waals surface area contributed by atoms with Crippen molar-refractivity contribution < 1.29 is 4.79 Å². The van der Waals surface area contributed by atoms with E-state index in [1.165, 1.54) is 22.0 Å². The van der Waals surface area contributed by atoms with Gasteiger partial charge >= 0.3 is 0 Å². The standard InChI is InChI=1S/C31H30N8O/c1-2-29(40)37-18-14-24(15-19-37)34-26-11-9-22-20-23(8-10-25(22)26)30-31(21-6-4-3-5-7-21)38-27(35-30)12-13-28(36-38)39-32-16-17-33-39/h2-8,10,12-13,16-17,20,24,26,34H,1,9,11,14-15,18-19H2/t26-/m0/s1. The lowest BCUT2D eigenvalue weighted by molar-refractivity contribution is -0.127. The van der Waals surface area contributed by atoms with Gasteiger partial charge in [0, 0.05) is 36.3 Å². The minimum atomic E-state index is 0.0310. The first-order valence-electron chi connectivity index (χ1n) is 13.8. The summed E-state index contributed by atoms with van der Waals surface area (Å²) >= 11 is 0. The van der Waals surface area contributed by atoms with Crippen molar-refractivity contribution in [2.75, 3.05) is 13.1 Å². The van der Waals surface area contributed by atoms with E-state index in [-0.39, 0.29) is 5.91 Å². The molecule has 40 heavy (non-hydrogen) atoms. The van der Waals surface area contributed by atoms with Crippen molar-refractivity contribution in [1.29, 1.82) is 0 Å². The Morgan fingerprint density at radius 3 is 2.52 bits per heavy atom. The molecule has 2 aliphatic rings. The quantitative estimate of drug-likeness (QED) is 0.327. The maximum atomic E-state index is 11.9. The monoisotopic (exact) mass is 530 g/mol. The highest BCUT2D eigenvalue weighted by molar-refractivity contribution is 5.87. The van der Waals surface area contributed by atoms with E-state index in [9.17, 15) is 4.79 Å². The summed E-state index contributed by atoms with van der Waals surface area (Å²) in [5.74, 6) is 0.657. The van der Waals surface area contributed by atoms with Crippen LogP contribution in [0.5, 0.6) is 0 Å². The molecular weight excluding hydrogens is 500 g/mol. The maximum absolute atomic E-state index is 11.9. The summed E-state index contributed by atoms with van der Waals surface area (Å²) in [6.45, 7) is 5.18. The minimum absolute atomic E-state index is 0.0310. The van der Waals surface area contributed by atoms with E-state index in [1.54, 1.807) is 12.4 Å². The Bertz CT molecular complexity index is 1680. The van der Waals surface area contributed by atoms with Gasteiger partial charge in [-0.15, -0.1) is 9.90 Å². The molecule has 0 spiro atoms. The van der Waals surface area contributed by atoms with Crippen LogP contribution in [0.3, 0.4) is 0 Å². The highest BCUT2D eigenvalue weighted by Gasteiger charge is 2.28. The topological polar surface area (TPSA) is 93.2 Å². The van der Waals surface area contributed by atoms with Gasteiger partial charge in [-0.1, -0.05) is 49.0 Å². The van der Waals surface area contributed by atoms with E-state index in [1.807, 2.05) is 39.7 Å². The predicted molar refractivity (Wildman–Crippen MR) is 153 cm³/mol. The summed E-state index contributed by atoms with van der Waals surface area (Å²) in [6.07, 6.45) is 8.73. The molecule has 5 aromatic rings. The van der Waals surface area contributed by atoms with E-state index >= 15 is 0 Å². The van der Waals surface area contributed by atoms with Gasteiger partial charge in [0.05, 0.1) is 18.1 Å². The third kappa shape index (κ3) is 4.38. The number of rotatable bonds is 6. The third-order valence-electron chi connectivity index (χ3n) is 8.05. The van der Waals surface area contributed by atoms with Crippen LogP contribution in [-0.2, 0) is 11.2 Å². The number of carbonyl (C=O) groups is 1. The zero-order valence-corrected chi connectivity index (χ0v) is 22.1. The Morgan fingerprint density at radius 1 is 0.950 bits per heavy atom. The van der Waals surface area contributed by atoms with Crippen LogP contribution in [0.25, 0.3) is 34.0 Å². The number of carbonyl (C=O) groups excluding carboxylic acids is 1. The summed E-state index contributed by atoms with van der Waals surface area (Å²) in [5.41, 5.74) is 7.47. The zero-order valence-electron chi connectivity index (χ0n) is 22.1. The molecule has 9 nitrogen and oxygen atoms in total. The molecule has 0 radical (unpaired) electrons. The Balaban J connectivity index is 1.20. The second-order valence-corrected chi connectivity index (χ2v) is 10.4. The van der Waals surface area contributed by atoms with Gasteiger partial charge in [0.15, 0.2) is 11.5 Å². The zero-order chi connectivity index (χ0) is 27.1. The molecular formula is C31H30N8O. The number of amides is 1. The Morgan fingerprint density at radius 2 is 1.75 bits per heavy atom. The van der Waals surface area contributed by atoms with E-state index in [4.69, 9.17) is 10.1 Å². The van der Waals surface area contributed by atoms with Crippen molar-refractivity contribution in [3.8, 4) is 28.3 Å². The molecule has 0 saturated carbocycles. The van der Waals surface area contributed by atoms with Crippen molar-refractivity contribution in [2.24, 2.45) is 0 Å². The van der Waals surface area contributed by atoms with Crippen LogP contribution in [0, 0.1) is 0 Å². The lowest BCUT2D eigenvalue weighted by Crippen LogP contribution is -2.45. The van der Waals surface area contributed by atoms with Gasteiger partial charge in [0.25, 0.3) is 0 Å². The first kappa shape index (κ1) is 24.4. The average molecular weight is 531 g/mol. The molecule has 1 aliphatic carbocycles. The number of hydrogen-bond acceptors (Lipinski definition) is 6. The Hall–Kier alpha value is -4.63. The number of nitrogens with one attached hydrogen (secondary N) is 1. The number of nitrogens with zero attached hydrogens (tertiary/aromatic N) is 7. The van der Waals surface area contributed by atoms with Crippen LogP contribution >= 0.6 is 0 Å².